The Morgan fingerprint density at radius 3 is 2.40 bits per heavy atom. The number of methoxy groups -OCH3 is 1. The summed E-state index contributed by atoms with van der Waals surface area (Å²) >= 11 is 0. The number of nitrogens with two attached hydrogens (primary N) is 2. The number of aromatic nitrogens is 2. The molecule has 1 spiro atoms. The first-order valence-corrected chi connectivity index (χ1v) is 11.4. The van der Waals surface area contributed by atoms with Gasteiger partial charge in [0.1, 0.15) is 5.75 Å². The highest BCUT2D eigenvalue weighted by Gasteiger charge is 2.49. The van der Waals surface area contributed by atoms with Crippen molar-refractivity contribution in [1.29, 1.82) is 5.41 Å². The fraction of sp³-hybridized carbons (Fsp3) is 0.320. The van der Waals surface area contributed by atoms with E-state index >= 15 is 0 Å². The number of carbonyl (C=O) groups is 2. The van der Waals surface area contributed by atoms with E-state index in [2.05, 4.69) is 9.97 Å². The van der Waals surface area contributed by atoms with Gasteiger partial charge in [-0.3, -0.25) is 9.59 Å². The Morgan fingerprint density at radius 1 is 1.11 bits per heavy atom. The van der Waals surface area contributed by atoms with Crippen LogP contribution in [0.4, 0.5) is 5.69 Å². The number of allylic oxidation sites excluding steroid dienone is 1. The lowest BCUT2D eigenvalue weighted by atomic mass is 9.77. The van der Waals surface area contributed by atoms with E-state index in [1.807, 2.05) is 12.1 Å². The monoisotopic (exact) mass is 475 g/mol. The molecular weight excluding hydrogens is 446 g/mol. The predicted octanol–water partition coefficient (Wildman–Crippen LogP) is 1.78. The van der Waals surface area contributed by atoms with Crippen LogP contribution in [0.2, 0.25) is 0 Å². The summed E-state index contributed by atoms with van der Waals surface area (Å²) in [6.45, 7) is 1.49. The molecular formula is C25H29N7O3. The number of likely N-dealkylation sites (tertiary alicyclic amines) is 1. The zero-order valence-electron chi connectivity index (χ0n) is 19.6. The first-order valence-electron chi connectivity index (χ1n) is 11.4. The van der Waals surface area contributed by atoms with Crippen LogP contribution in [0.3, 0.4) is 0 Å². The van der Waals surface area contributed by atoms with Crippen molar-refractivity contribution < 1.29 is 14.3 Å². The van der Waals surface area contributed by atoms with E-state index in [9.17, 15) is 9.59 Å². The van der Waals surface area contributed by atoms with Gasteiger partial charge in [-0.2, -0.15) is 0 Å². The molecule has 182 valence electrons. The van der Waals surface area contributed by atoms with Crippen LogP contribution in [0.25, 0.3) is 11.1 Å². The number of carbonyl (C=O) groups excluding carboxylic acids is 2. The summed E-state index contributed by atoms with van der Waals surface area (Å²) < 4.78 is 5.50. The maximum absolute atomic E-state index is 13.6. The number of nitrogens with zero attached hydrogens (tertiary/aromatic N) is 4. The number of hydrogen-bond donors (Lipinski definition) is 3. The standard InChI is InChI=1S/C25H29N7O3/c1-35-21-13-18(3-4-19(21)17(14-26)15-27)32-12-7-25(24(32)34)5-10-31(11-6-25)23(33)20(16-28)22-29-8-2-9-30-22/h2-4,8-9,13-16,26H,5-7,10-12,27-28H2,1H3/b17-15+,20-16?,26-14?. The van der Waals surface area contributed by atoms with E-state index in [0.717, 1.165) is 11.9 Å². The first kappa shape index (κ1) is 23.9. The smallest absolute Gasteiger partial charge is 0.259 e. The van der Waals surface area contributed by atoms with Gasteiger partial charge in [0, 0.05) is 73.5 Å². The number of anilines is 1. The fourth-order valence-corrected chi connectivity index (χ4v) is 4.82. The molecule has 0 bridgehead atoms. The number of rotatable bonds is 6. The number of nitrogens with one attached hydrogen (secondary N) is 1. The highest BCUT2D eigenvalue weighted by Crippen LogP contribution is 2.44. The van der Waals surface area contributed by atoms with Gasteiger partial charge in [0.15, 0.2) is 5.82 Å². The molecule has 1 aromatic heterocycles. The molecule has 0 atom stereocenters. The van der Waals surface area contributed by atoms with E-state index in [-0.39, 0.29) is 23.2 Å². The maximum Gasteiger partial charge on any atom is 0.259 e. The Hall–Kier alpha value is -4.21. The van der Waals surface area contributed by atoms with Crippen molar-refractivity contribution >= 4 is 34.9 Å². The molecule has 10 heteroatoms. The van der Waals surface area contributed by atoms with E-state index in [4.69, 9.17) is 21.6 Å². The van der Waals surface area contributed by atoms with Crippen LogP contribution in [0, 0.1) is 10.8 Å². The minimum absolute atomic E-state index is 0.0574. The largest absolute Gasteiger partial charge is 0.496 e. The molecule has 2 amide bonds. The van der Waals surface area contributed by atoms with Crippen LogP contribution in [0.15, 0.2) is 49.1 Å². The molecule has 2 fully saturated rings. The van der Waals surface area contributed by atoms with Gasteiger partial charge in [-0.1, -0.05) is 0 Å². The summed E-state index contributed by atoms with van der Waals surface area (Å²) in [7, 11) is 1.55. The number of ether oxygens (including phenoxy) is 1. The van der Waals surface area contributed by atoms with Gasteiger partial charge in [-0.05, 0) is 37.5 Å². The minimum atomic E-state index is -0.504. The van der Waals surface area contributed by atoms with Crippen molar-refractivity contribution in [3.63, 3.8) is 0 Å². The minimum Gasteiger partial charge on any atom is -0.496 e. The van der Waals surface area contributed by atoms with Crippen molar-refractivity contribution in [1.82, 2.24) is 14.9 Å². The van der Waals surface area contributed by atoms with Crippen LogP contribution in [0.5, 0.6) is 5.75 Å². The molecule has 0 aliphatic carbocycles. The van der Waals surface area contributed by atoms with Gasteiger partial charge in [0.05, 0.1) is 18.1 Å². The molecule has 0 unspecified atom stereocenters. The second kappa shape index (κ2) is 9.96. The molecule has 2 aliphatic heterocycles. The molecule has 35 heavy (non-hydrogen) atoms. The first-order chi connectivity index (χ1) is 17.0. The molecule has 10 nitrogen and oxygen atoms in total. The molecule has 3 heterocycles. The molecule has 2 saturated heterocycles. The van der Waals surface area contributed by atoms with Gasteiger partial charge in [-0.25, -0.2) is 9.97 Å². The van der Waals surface area contributed by atoms with Crippen LogP contribution in [-0.4, -0.2) is 59.6 Å². The summed E-state index contributed by atoms with van der Waals surface area (Å²) in [5, 5.41) is 7.55. The molecule has 5 N–H and O–H groups in total. The second-order valence-electron chi connectivity index (χ2n) is 8.58. The van der Waals surface area contributed by atoms with Crippen molar-refractivity contribution in [2.45, 2.75) is 19.3 Å². The van der Waals surface area contributed by atoms with Crippen LogP contribution >= 0.6 is 0 Å². The normalized spacial score (nSPS) is 18.1. The van der Waals surface area contributed by atoms with Crippen LogP contribution in [0.1, 0.15) is 30.7 Å². The van der Waals surface area contributed by atoms with Gasteiger partial charge < -0.3 is 31.4 Å². The SMILES string of the molecule is COc1cc(N2CCC3(CCN(C(=O)C(=CN)c4ncccn4)CC3)C2=O)ccc1/C(C=N)=C/N. The summed E-state index contributed by atoms with van der Waals surface area (Å²) in [5.74, 6) is 0.658. The highest BCUT2D eigenvalue weighted by atomic mass is 16.5. The summed E-state index contributed by atoms with van der Waals surface area (Å²) in [5.41, 5.74) is 13.1. The Bertz CT molecular complexity index is 1180. The van der Waals surface area contributed by atoms with Gasteiger partial charge in [0.25, 0.3) is 5.91 Å². The molecule has 2 aliphatic rings. The van der Waals surface area contributed by atoms with Crippen molar-refractivity contribution in [3.05, 3.63) is 60.4 Å². The third-order valence-corrected chi connectivity index (χ3v) is 6.87. The maximum atomic E-state index is 13.6. The topological polar surface area (TPSA) is 152 Å². The second-order valence-corrected chi connectivity index (χ2v) is 8.58. The number of amides is 2. The fourth-order valence-electron chi connectivity index (χ4n) is 4.82. The van der Waals surface area contributed by atoms with Crippen molar-refractivity contribution in [2.75, 3.05) is 31.6 Å². The lowest BCUT2D eigenvalue weighted by Crippen LogP contribution is -2.47. The predicted molar refractivity (Wildman–Crippen MR) is 133 cm³/mol. The summed E-state index contributed by atoms with van der Waals surface area (Å²) in [6.07, 6.45) is 8.75. The number of hydrogen-bond acceptors (Lipinski definition) is 8. The Balaban J connectivity index is 1.48. The van der Waals surface area contributed by atoms with E-state index in [0.29, 0.717) is 55.8 Å². The summed E-state index contributed by atoms with van der Waals surface area (Å²) in [4.78, 5) is 38.4. The zero-order chi connectivity index (χ0) is 25.0. The number of piperidine rings is 1. The Kier molecular flexibility index (Phi) is 6.81. The average molecular weight is 476 g/mol. The van der Waals surface area contributed by atoms with E-state index in [1.54, 1.807) is 41.4 Å². The van der Waals surface area contributed by atoms with Crippen molar-refractivity contribution in [2.24, 2.45) is 16.9 Å². The molecule has 2 aromatic rings. The van der Waals surface area contributed by atoms with Gasteiger partial charge in [-0.15, -0.1) is 0 Å². The molecule has 0 saturated carbocycles. The quantitative estimate of drug-likeness (QED) is 0.425. The Morgan fingerprint density at radius 2 is 1.80 bits per heavy atom. The van der Waals surface area contributed by atoms with Crippen molar-refractivity contribution in [3.8, 4) is 5.75 Å². The molecule has 1 aromatic carbocycles. The Labute approximate surface area is 203 Å². The van der Waals surface area contributed by atoms with Crippen LogP contribution < -0.4 is 21.1 Å². The van der Waals surface area contributed by atoms with E-state index in [1.165, 1.54) is 12.4 Å². The van der Waals surface area contributed by atoms with Gasteiger partial charge >= 0.3 is 0 Å². The summed E-state index contributed by atoms with van der Waals surface area (Å²) in [6, 6.07) is 7.13. The lowest BCUT2D eigenvalue weighted by molar-refractivity contribution is -0.133. The molecule has 4 rings (SSSR count). The van der Waals surface area contributed by atoms with E-state index < -0.39 is 5.41 Å². The zero-order valence-corrected chi connectivity index (χ0v) is 19.6. The lowest BCUT2D eigenvalue weighted by Gasteiger charge is -2.38. The highest BCUT2D eigenvalue weighted by molar-refractivity contribution is 6.18. The van der Waals surface area contributed by atoms with Gasteiger partial charge in [0.2, 0.25) is 5.91 Å². The third kappa shape index (κ3) is 4.34. The number of benzene rings is 1. The molecule has 0 radical (unpaired) electrons. The van der Waals surface area contributed by atoms with Crippen LogP contribution in [-0.2, 0) is 9.59 Å². The third-order valence-electron chi connectivity index (χ3n) is 6.87. The average Bonchev–Trinajstić information content (AvgIpc) is 3.21.